The Hall–Kier alpha value is -3.35. The molecular formula is C22H25N3O4. The van der Waals surface area contributed by atoms with Crippen LogP contribution in [0.4, 0.5) is 0 Å². The molecule has 2 N–H and O–H groups in total. The Morgan fingerprint density at radius 3 is 2.10 bits per heavy atom. The van der Waals surface area contributed by atoms with Crippen molar-refractivity contribution in [3.8, 4) is 0 Å². The van der Waals surface area contributed by atoms with Crippen molar-refractivity contribution in [2.75, 3.05) is 6.54 Å². The highest BCUT2D eigenvalue weighted by molar-refractivity contribution is 5.84. The minimum Gasteiger partial charge on any atom is -0.481 e. The second-order valence-electron chi connectivity index (χ2n) is 6.99. The standard InChI is InChI=1S/C22H25N3O4/c1-3-22(20(27)28,16-10-6-5-7-11-16)15-23-19(26)14-25-18-13-9-8-12-17(18)24(4-2)21(25)29/h5-13H,3-4,14-15H2,1-2H3,(H,23,26)(H,27,28). The number of carbonyl (C=O) groups excluding carboxylic acids is 1. The average molecular weight is 395 g/mol. The molecule has 2 aromatic carbocycles. The molecule has 1 amide bonds. The lowest BCUT2D eigenvalue weighted by Crippen LogP contribution is -2.47. The number of aromatic nitrogens is 2. The molecule has 0 spiro atoms. The summed E-state index contributed by atoms with van der Waals surface area (Å²) in [4.78, 5) is 37.4. The van der Waals surface area contributed by atoms with E-state index in [1.54, 1.807) is 41.8 Å². The van der Waals surface area contributed by atoms with Gasteiger partial charge in [0.15, 0.2) is 0 Å². The number of hydrogen-bond acceptors (Lipinski definition) is 3. The topological polar surface area (TPSA) is 93.3 Å². The number of benzene rings is 2. The molecule has 7 heteroatoms. The lowest BCUT2D eigenvalue weighted by molar-refractivity contribution is -0.144. The first-order valence-electron chi connectivity index (χ1n) is 9.68. The molecule has 0 aliphatic heterocycles. The van der Waals surface area contributed by atoms with Crippen LogP contribution >= 0.6 is 0 Å². The zero-order chi connectivity index (χ0) is 21.0. The van der Waals surface area contributed by atoms with Gasteiger partial charge in [-0.3, -0.25) is 18.7 Å². The SMILES string of the molecule is CCn1c(=O)n(CC(=O)NCC(CC)(C(=O)O)c2ccccc2)c2ccccc21. The van der Waals surface area contributed by atoms with Crippen molar-refractivity contribution < 1.29 is 14.7 Å². The number of nitrogens with one attached hydrogen (secondary N) is 1. The van der Waals surface area contributed by atoms with Crippen LogP contribution in [-0.4, -0.2) is 32.7 Å². The third-order valence-corrected chi connectivity index (χ3v) is 5.47. The number of rotatable bonds is 8. The number of nitrogens with zero attached hydrogens (tertiary/aromatic N) is 2. The molecule has 29 heavy (non-hydrogen) atoms. The number of imidazole rings is 1. The number of aryl methyl sites for hydroxylation is 1. The summed E-state index contributed by atoms with van der Waals surface area (Å²) in [5.41, 5.74) is 0.601. The van der Waals surface area contributed by atoms with Crippen molar-refractivity contribution in [3.63, 3.8) is 0 Å². The second kappa shape index (κ2) is 8.34. The summed E-state index contributed by atoms with van der Waals surface area (Å²) in [7, 11) is 0. The Morgan fingerprint density at radius 2 is 1.55 bits per heavy atom. The maximum absolute atomic E-state index is 12.7. The first-order valence-corrected chi connectivity index (χ1v) is 9.68. The number of amides is 1. The van der Waals surface area contributed by atoms with E-state index in [1.165, 1.54) is 4.57 Å². The number of hydrogen-bond donors (Lipinski definition) is 2. The van der Waals surface area contributed by atoms with Gasteiger partial charge in [-0.15, -0.1) is 0 Å². The van der Waals surface area contributed by atoms with Crippen LogP contribution in [0.25, 0.3) is 11.0 Å². The molecule has 0 aliphatic carbocycles. The van der Waals surface area contributed by atoms with E-state index in [0.717, 1.165) is 5.52 Å². The normalized spacial score (nSPS) is 13.2. The van der Waals surface area contributed by atoms with Crippen LogP contribution in [0.5, 0.6) is 0 Å². The van der Waals surface area contributed by atoms with E-state index in [1.807, 2.05) is 31.2 Å². The number of fused-ring (bicyclic) bond motifs is 1. The average Bonchev–Trinajstić information content (AvgIpc) is 3.00. The van der Waals surface area contributed by atoms with Crippen LogP contribution in [0.15, 0.2) is 59.4 Å². The van der Waals surface area contributed by atoms with Gasteiger partial charge in [-0.2, -0.15) is 0 Å². The molecule has 0 aliphatic rings. The Morgan fingerprint density at radius 1 is 0.966 bits per heavy atom. The van der Waals surface area contributed by atoms with Crippen molar-refractivity contribution in [3.05, 3.63) is 70.6 Å². The van der Waals surface area contributed by atoms with Crippen LogP contribution < -0.4 is 11.0 Å². The van der Waals surface area contributed by atoms with Gasteiger partial charge in [0.05, 0.1) is 11.0 Å². The van der Waals surface area contributed by atoms with Gasteiger partial charge in [-0.05, 0) is 31.0 Å². The number of carboxylic acid groups (broad SMARTS) is 1. The fourth-order valence-corrected chi connectivity index (χ4v) is 3.72. The monoisotopic (exact) mass is 395 g/mol. The number of aliphatic carboxylic acids is 1. The van der Waals surface area contributed by atoms with Gasteiger partial charge in [0.25, 0.3) is 0 Å². The van der Waals surface area contributed by atoms with Crippen molar-refractivity contribution in [2.24, 2.45) is 0 Å². The summed E-state index contributed by atoms with van der Waals surface area (Å²) in [5, 5.41) is 12.6. The zero-order valence-electron chi connectivity index (χ0n) is 16.6. The van der Waals surface area contributed by atoms with Crippen LogP contribution in [0, 0.1) is 0 Å². The smallest absolute Gasteiger partial charge is 0.329 e. The zero-order valence-corrected chi connectivity index (χ0v) is 16.6. The van der Waals surface area contributed by atoms with Crippen molar-refractivity contribution in [1.29, 1.82) is 0 Å². The molecule has 152 valence electrons. The van der Waals surface area contributed by atoms with Gasteiger partial charge in [-0.25, -0.2) is 4.79 Å². The number of carboxylic acids is 1. The lowest BCUT2D eigenvalue weighted by atomic mass is 9.78. The molecule has 1 heterocycles. The van der Waals surface area contributed by atoms with E-state index in [2.05, 4.69) is 5.32 Å². The second-order valence-corrected chi connectivity index (χ2v) is 6.99. The molecule has 1 atom stereocenters. The molecular weight excluding hydrogens is 370 g/mol. The van der Waals surface area contributed by atoms with Crippen molar-refractivity contribution >= 4 is 22.9 Å². The van der Waals surface area contributed by atoms with E-state index in [9.17, 15) is 19.5 Å². The first-order chi connectivity index (χ1) is 13.9. The van der Waals surface area contributed by atoms with Gasteiger partial charge in [0, 0.05) is 13.1 Å². The molecule has 3 rings (SSSR count). The minimum atomic E-state index is -1.22. The Kier molecular flexibility index (Phi) is 5.87. The Balaban J connectivity index is 1.84. The molecule has 0 saturated heterocycles. The molecule has 1 unspecified atom stereocenters. The molecule has 0 saturated carbocycles. The van der Waals surface area contributed by atoms with Crippen LogP contribution in [0.1, 0.15) is 25.8 Å². The van der Waals surface area contributed by atoms with Gasteiger partial charge >= 0.3 is 11.7 Å². The van der Waals surface area contributed by atoms with Gasteiger partial charge in [-0.1, -0.05) is 49.4 Å². The molecule has 0 bridgehead atoms. The predicted octanol–water partition coefficient (Wildman–Crippen LogP) is 2.37. The minimum absolute atomic E-state index is 0.0527. The highest BCUT2D eigenvalue weighted by Crippen LogP contribution is 2.27. The van der Waals surface area contributed by atoms with Gasteiger partial charge in [0.1, 0.15) is 12.0 Å². The third-order valence-electron chi connectivity index (χ3n) is 5.47. The summed E-state index contributed by atoms with van der Waals surface area (Å²) < 4.78 is 3.03. The van der Waals surface area contributed by atoms with E-state index >= 15 is 0 Å². The summed E-state index contributed by atoms with van der Waals surface area (Å²) in [6, 6.07) is 16.2. The van der Waals surface area contributed by atoms with Gasteiger partial charge < -0.3 is 10.4 Å². The third kappa shape index (κ3) is 3.68. The van der Waals surface area contributed by atoms with Crippen molar-refractivity contribution in [1.82, 2.24) is 14.5 Å². The Bertz CT molecular complexity index is 1080. The van der Waals surface area contributed by atoms with E-state index < -0.39 is 17.3 Å². The first kappa shape index (κ1) is 20.4. The maximum atomic E-state index is 12.7. The molecule has 0 radical (unpaired) electrons. The predicted molar refractivity (Wildman–Crippen MR) is 111 cm³/mol. The van der Waals surface area contributed by atoms with Crippen molar-refractivity contribution in [2.45, 2.75) is 38.8 Å². The summed E-state index contributed by atoms with van der Waals surface area (Å²) in [5.74, 6) is -1.40. The fourth-order valence-electron chi connectivity index (χ4n) is 3.72. The van der Waals surface area contributed by atoms with Crippen LogP contribution in [-0.2, 0) is 28.1 Å². The summed E-state index contributed by atoms with van der Waals surface area (Å²) >= 11 is 0. The van der Waals surface area contributed by atoms with Gasteiger partial charge in [0.2, 0.25) is 5.91 Å². The molecule has 3 aromatic rings. The number of carbonyl (C=O) groups is 2. The number of para-hydroxylation sites is 2. The van der Waals surface area contributed by atoms with E-state index in [-0.39, 0.29) is 18.8 Å². The molecule has 0 fully saturated rings. The summed E-state index contributed by atoms with van der Waals surface area (Å²) in [6.45, 7) is 3.94. The van der Waals surface area contributed by atoms with E-state index in [4.69, 9.17) is 0 Å². The highest BCUT2D eigenvalue weighted by Gasteiger charge is 2.39. The maximum Gasteiger partial charge on any atom is 0.329 e. The molecule has 7 nitrogen and oxygen atoms in total. The fraction of sp³-hybridized carbons (Fsp3) is 0.318. The largest absolute Gasteiger partial charge is 0.481 e. The van der Waals surface area contributed by atoms with Crippen LogP contribution in [0.2, 0.25) is 0 Å². The summed E-state index contributed by atoms with van der Waals surface area (Å²) in [6.07, 6.45) is 0.321. The molecule has 1 aromatic heterocycles. The van der Waals surface area contributed by atoms with E-state index in [0.29, 0.717) is 24.0 Å². The highest BCUT2D eigenvalue weighted by atomic mass is 16.4. The Labute approximate surface area is 168 Å². The quantitative estimate of drug-likeness (QED) is 0.612. The van der Waals surface area contributed by atoms with Crippen LogP contribution in [0.3, 0.4) is 0 Å². The lowest BCUT2D eigenvalue weighted by Gasteiger charge is -2.29.